The Morgan fingerprint density at radius 2 is 1.07 bits per heavy atom. The molecule has 15 heteroatoms. The number of hydrogen-bond donors (Lipinski definition) is 6. The molecule has 0 aliphatic heterocycles. The third kappa shape index (κ3) is 10.7. The van der Waals surface area contributed by atoms with E-state index < -0.39 is 39.1 Å². The van der Waals surface area contributed by atoms with Gasteiger partial charge in [0.25, 0.3) is 0 Å². The first kappa shape index (κ1) is 42.2. The number of imidazole rings is 2. The number of nitrogens with one attached hydrogen (secondary N) is 6. The first-order valence-electron chi connectivity index (χ1n) is 19.2. The van der Waals surface area contributed by atoms with Crippen LogP contribution in [0.2, 0.25) is 19.1 Å². The molecular formula is C42H54N8O6Si. The van der Waals surface area contributed by atoms with Gasteiger partial charge in [-0.05, 0) is 64.4 Å². The molecule has 0 bridgehead atoms. The molecule has 4 amide bonds. The van der Waals surface area contributed by atoms with Crippen molar-refractivity contribution in [1.82, 2.24) is 41.2 Å². The number of carbonyl (C=O) groups excluding carboxylic acids is 4. The van der Waals surface area contributed by atoms with Crippen molar-refractivity contribution in [2.75, 3.05) is 14.2 Å². The number of methoxy groups -OCH3 is 2. The molecule has 3 aromatic carbocycles. The molecular weight excluding hydrogens is 741 g/mol. The maximum atomic E-state index is 13.3. The van der Waals surface area contributed by atoms with Crippen LogP contribution in [0.25, 0.3) is 44.4 Å². The second-order valence-electron chi connectivity index (χ2n) is 15.4. The molecule has 0 radical (unpaired) electrons. The molecule has 2 aromatic heterocycles. The monoisotopic (exact) mass is 794 g/mol. The summed E-state index contributed by atoms with van der Waals surface area (Å²) >= 11 is 0. The molecule has 2 heterocycles. The average molecular weight is 795 g/mol. The van der Waals surface area contributed by atoms with Crippen LogP contribution in [0.5, 0.6) is 0 Å². The SMILES string of the molecule is COC(=O)N[C@H](C(=O)N[C@@H](C)c1ncc(-c2ccc(-c3ccc4cc(-c5cnc([C@H](C[SiH](C)C)NC(=O)[C@@H](NC(=O)OC)C(C)C)[nH]5)ccc4c3)cc2)[nH]1)C(C)C. The number of H-pyrrole nitrogens is 2. The number of hydrogen-bond acceptors (Lipinski definition) is 8. The molecule has 4 atom stereocenters. The van der Waals surface area contributed by atoms with Gasteiger partial charge in [-0.3, -0.25) is 9.59 Å². The molecule has 14 nitrogen and oxygen atoms in total. The lowest BCUT2D eigenvalue weighted by Gasteiger charge is -2.25. The second kappa shape index (κ2) is 18.8. The minimum Gasteiger partial charge on any atom is -0.453 e. The summed E-state index contributed by atoms with van der Waals surface area (Å²) in [5.74, 6) is 0.395. The normalized spacial score (nSPS) is 13.5. The van der Waals surface area contributed by atoms with Crippen molar-refractivity contribution in [3.63, 3.8) is 0 Å². The van der Waals surface area contributed by atoms with Gasteiger partial charge >= 0.3 is 12.2 Å². The summed E-state index contributed by atoms with van der Waals surface area (Å²) in [4.78, 5) is 65.9. The van der Waals surface area contributed by atoms with E-state index in [2.05, 4.69) is 108 Å². The van der Waals surface area contributed by atoms with Gasteiger partial charge in [-0.25, -0.2) is 19.6 Å². The molecule has 0 fully saturated rings. The lowest BCUT2D eigenvalue weighted by Crippen LogP contribution is -2.50. The van der Waals surface area contributed by atoms with Crippen molar-refractivity contribution in [3.8, 4) is 33.6 Å². The van der Waals surface area contributed by atoms with Crippen LogP contribution in [0.3, 0.4) is 0 Å². The largest absolute Gasteiger partial charge is 0.453 e. The fraction of sp³-hybridized carbons (Fsp3) is 0.381. The van der Waals surface area contributed by atoms with Crippen molar-refractivity contribution >= 4 is 43.6 Å². The summed E-state index contributed by atoms with van der Waals surface area (Å²) in [5, 5.41) is 13.4. The quantitative estimate of drug-likeness (QED) is 0.0619. The van der Waals surface area contributed by atoms with Crippen LogP contribution in [0, 0.1) is 11.8 Å². The predicted molar refractivity (Wildman–Crippen MR) is 224 cm³/mol. The van der Waals surface area contributed by atoms with E-state index in [0.717, 1.165) is 50.5 Å². The van der Waals surface area contributed by atoms with Crippen molar-refractivity contribution in [2.24, 2.45) is 11.8 Å². The molecule has 0 aliphatic rings. The number of rotatable bonds is 15. The zero-order chi connectivity index (χ0) is 41.4. The van der Waals surface area contributed by atoms with Gasteiger partial charge in [0.05, 0.1) is 50.1 Å². The van der Waals surface area contributed by atoms with Gasteiger partial charge < -0.3 is 40.7 Å². The molecule has 0 unspecified atom stereocenters. The molecule has 5 rings (SSSR count). The molecule has 302 valence electrons. The molecule has 57 heavy (non-hydrogen) atoms. The minimum absolute atomic E-state index is 0.136. The van der Waals surface area contributed by atoms with Gasteiger partial charge in [-0.1, -0.05) is 89.3 Å². The summed E-state index contributed by atoms with van der Waals surface area (Å²) < 4.78 is 9.41. The molecule has 0 saturated heterocycles. The summed E-state index contributed by atoms with van der Waals surface area (Å²) in [6.45, 7) is 13.7. The number of fused-ring (bicyclic) bond motifs is 1. The van der Waals surface area contributed by atoms with Crippen molar-refractivity contribution in [3.05, 3.63) is 84.7 Å². The molecule has 0 saturated carbocycles. The van der Waals surface area contributed by atoms with Crippen LogP contribution >= 0.6 is 0 Å². The lowest BCUT2D eigenvalue weighted by atomic mass is 9.98. The van der Waals surface area contributed by atoms with Crippen LogP contribution in [0.15, 0.2) is 73.1 Å². The first-order chi connectivity index (χ1) is 27.2. The van der Waals surface area contributed by atoms with Gasteiger partial charge in [-0.15, -0.1) is 0 Å². The summed E-state index contributed by atoms with van der Waals surface area (Å²) in [6.07, 6.45) is 2.23. The summed E-state index contributed by atoms with van der Waals surface area (Å²) in [7, 11) is 1.41. The van der Waals surface area contributed by atoms with Gasteiger partial charge in [0.1, 0.15) is 23.7 Å². The molecule has 0 aliphatic carbocycles. The van der Waals surface area contributed by atoms with E-state index in [1.807, 2.05) is 46.8 Å². The van der Waals surface area contributed by atoms with Crippen LogP contribution in [0.4, 0.5) is 9.59 Å². The van der Waals surface area contributed by atoms with Crippen molar-refractivity contribution < 1.29 is 28.7 Å². The number of carbonyl (C=O) groups is 4. The summed E-state index contributed by atoms with van der Waals surface area (Å²) in [6, 6.07) is 19.4. The van der Waals surface area contributed by atoms with E-state index in [4.69, 9.17) is 4.74 Å². The third-order valence-corrected chi connectivity index (χ3v) is 11.2. The number of alkyl carbamates (subject to hydrolysis) is 2. The Balaban J connectivity index is 1.27. The van der Waals surface area contributed by atoms with E-state index in [-0.39, 0.29) is 29.7 Å². The topological polar surface area (TPSA) is 192 Å². The Morgan fingerprint density at radius 3 is 1.61 bits per heavy atom. The first-order valence-corrected chi connectivity index (χ1v) is 22.3. The van der Waals surface area contributed by atoms with E-state index >= 15 is 0 Å². The van der Waals surface area contributed by atoms with Crippen LogP contribution in [0.1, 0.15) is 58.4 Å². The fourth-order valence-corrected chi connectivity index (χ4v) is 7.87. The average Bonchev–Trinajstić information content (AvgIpc) is 3.89. The molecule has 5 aromatic rings. The zero-order valence-corrected chi connectivity index (χ0v) is 35.2. The Morgan fingerprint density at radius 1 is 0.614 bits per heavy atom. The van der Waals surface area contributed by atoms with Gasteiger partial charge in [0.2, 0.25) is 11.8 Å². The van der Waals surface area contributed by atoms with Gasteiger partial charge in [0.15, 0.2) is 0 Å². The fourth-order valence-electron chi connectivity index (χ4n) is 6.58. The van der Waals surface area contributed by atoms with Crippen LogP contribution in [-0.4, -0.2) is 79.0 Å². The van der Waals surface area contributed by atoms with Gasteiger partial charge in [-0.2, -0.15) is 0 Å². The van der Waals surface area contributed by atoms with Gasteiger partial charge in [0, 0.05) is 14.4 Å². The molecule has 0 spiro atoms. The number of benzene rings is 3. The third-order valence-electron chi connectivity index (χ3n) is 9.81. The van der Waals surface area contributed by atoms with Crippen molar-refractivity contribution in [2.45, 2.75) is 77.9 Å². The van der Waals surface area contributed by atoms with Crippen LogP contribution < -0.4 is 21.3 Å². The van der Waals surface area contributed by atoms with E-state index in [0.29, 0.717) is 11.6 Å². The standard InChI is InChI=1S/C42H54N8O6Si/c1-23(2)35(49-41(53)55-6)39(51)45-25(5)37-43-20-32(46-37)27-12-10-26(11-13-27)28-14-15-30-19-31(17-16-29(30)18-28)33-21-44-38(47-33)34(22-57(8)9)48-40(52)36(24(3)4)50-42(54)56-7/h10-21,23-25,34-36,57H,22H2,1-9H3,(H,43,46)(H,44,47)(H,45,51)(H,48,52)(H,49,53)(H,50,54)/t25-,34-,35-,36-/m0/s1. The number of amides is 4. The highest BCUT2D eigenvalue weighted by Gasteiger charge is 2.29. The number of ether oxygens (including phenoxy) is 2. The van der Waals surface area contributed by atoms with E-state index in [1.165, 1.54) is 14.2 Å². The zero-order valence-electron chi connectivity index (χ0n) is 34.0. The van der Waals surface area contributed by atoms with Crippen molar-refractivity contribution in [1.29, 1.82) is 0 Å². The smallest absolute Gasteiger partial charge is 0.407 e. The maximum absolute atomic E-state index is 13.3. The number of nitrogens with zero attached hydrogens (tertiary/aromatic N) is 2. The Labute approximate surface area is 334 Å². The Hall–Kier alpha value is -5.96. The minimum atomic E-state index is -1.13. The van der Waals surface area contributed by atoms with E-state index in [9.17, 15) is 19.2 Å². The highest BCUT2D eigenvalue weighted by molar-refractivity contribution is 6.55. The second-order valence-corrected chi connectivity index (χ2v) is 18.6. The highest BCUT2D eigenvalue weighted by Crippen LogP contribution is 2.30. The Bertz CT molecular complexity index is 2180. The maximum Gasteiger partial charge on any atom is 0.407 e. The Kier molecular flexibility index (Phi) is 13.9. The molecule has 6 N–H and O–H groups in total. The number of aromatic amines is 2. The number of aromatic nitrogens is 4. The van der Waals surface area contributed by atoms with Crippen LogP contribution in [-0.2, 0) is 19.1 Å². The lowest BCUT2D eigenvalue weighted by molar-refractivity contribution is -0.125. The predicted octanol–water partition coefficient (Wildman–Crippen LogP) is 6.87. The highest BCUT2D eigenvalue weighted by atomic mass is 28.3. The van der Waals surface area contributed by atoms with E-state index in [1.54, 1.807) is 12.4 Å². The summed E-state index contributed by atoms with van der Waals surface area (Å²) in [5.41, 5.74) is 5.72.